The smallest absolute Gasteiger partial charge is 0.336 e. The molecule has 0 unspecified atom stereocenters. The third kappa shape index (κ3) is 7.01. The molecule has 1 fully saturated rings. The molecule has 0 spiro atoms. The van der Waals surface area contributed by atoms with Crippen LogP contribution in [0.4, 0.5) is 0 Å². The third-order valence-electron chi connectivity index (χ3n) is 6.48. The van der Waals surface area contributed by atoms with Crippen molar-refractivity contribution in [2.24, 2.45) is 0 Å². The van der Waals surface area contributed by atoms with Crippen molar-refractivity contribution >= 4 is 11.9 Å². The lowest BCUT2D eigenvalue weighted by atomic mass is 10.0. The van der Waals surface area contributed by atoms with Crippen molar-refractivity contribution in [2.45, 2.75) is 6.10 Å². The number of nitrogens with one attached hydrogen (secondary N) is 1. The first-order chi connectivity index (χ1) is 17.6. The van der Waals surface area contributed by atoms with E-state index in [1.165, 1.54) is 6.07 Å². The minimum atomic E-state index is -1.10. The molecule has 3 aromatic carbocycles. The van der Waals surface area contributed by atoms with Crippen LogP contribution in [0.3, 0.4) is 0 Å². The van der Waals surface area contributed by atoms with Gasteiger partial charge in [0, 0.05) is 45.8 Å². The number of ether oxygens (including phenoxy) is 1. The topological polar surface area (TPSA) is 82.1 Å². The molecule has 0 radical (unpaired) electrons. The van der Waals surface area contributed by atoms with Gasteiger partial charge < -0.3 is 15.2 Å². The summed E-state index contributed by atoms with van der Waals surface area (Å²) in [6.45, 7) is 6.45. The molecule has 1 aliphatic heterocycles. The third-order valence-corrected chi connectivity index (χ3v) is 6.48. The molecule has 2 N–H and O–H groups in total. The van der Waals surface area contributed by atoms with Gasteiger partial charge in [-0.05, 0) is 23.3 Å². The van der Waals surface area contributed by atoms with Crippen molar-refractivity contribution in [1.29, 1.82) is 0 Å². The number of nitrogens with zero attached hydrogens (tertiary/aromatic N) is 2. The van der Waals surface area contributed by atoms with Crippen LogP contribution < -0.4 is 5.32 Å². The average Bonchev–Trinajstić information content (AvgIpc) is 2.93. The Balaban J connectivity index is 1.18. The van der Waals surface area contributed by atoms with E-state index in [9.17, 15) is 14.7 Å². The van der Waals surface area contributed by atoms with Gasteiger partial charge >= 0.3 is 5.97 Å². The van der Waals surface area contributed by atoms with E-state index < -0.39 is 5.97 Å². The zero-order valence-corrected chi connectivity index (χ0v) is 20.4. The molecular formula is C29H33N3O4. The zero-order valence-electron chi connectivity index (χ0n) is 20.4. The van der Waals surface area contributed by atoms with Gasteiger partial charge in [0.2, 0.25) is 0 Å². The number of amides is 1. The second kappa shape index (κ2) is 13.0. The van der Waals surface area contributed by atoms with Gasteiger partial charge in [0.1, 0.15) is 6.10 Å². The first-order valence-corrected chi connectivity index (χ1v) is 12.4. The largest absolute Gasteiger partial charge is 0.478 e. The highest BCUT2D eigenvalue weighted by atomic mass is 16.5. The Morgan fingerprint density at radius 3 is 1.81 bits per heavy atom. The molecule has 7 nitrogen and oxygen atoms in total. The molecule has 4 rings (SSSR count). The molecule has 1 amide bonds. The molecule has 0 saturated carbocycles. The van der Waals surface area contributed by atoms with Crippen molar-refractivity contribution < 1.29 is 19.4 Å². The Hall–Kier alpha value is -3.52. The summed E-state index contributed by atoms with van der Waals surface area (Å²) in [5, 5.41) is 12.1. The molecule has 0 bridgehead atoms. The maximum Gasteiger partial charge on any atom is 0.336 e. The lowest BCUT2D eigenvalue weighted by molar-refractivity contribution is 0.0453. The monoisotopic (exact) mass is 487 g/mol. The van der Waals surface area contributed by atoms with Crippen LogP contribution in [-0.4, -0.2) is 79.2 Å². The first-order valence-electron chi connectivity index (χ1n) is 12.4. The number of carboxylic acid groups (broad SMARTS) is 1. The molecule has 3 aromatic rings. The van der Waals surface area contributed by atoms with E-state index in [-0.39, 0.29) is 23.1 Å². The Kier molecular flexibility index (Phi) is 9.21. The summed E-state index contributed by atoms with van der Waals surface area (Å²) in [7, 11) is 0. The molecule has 1 heterocycles. The SMILES string of the molecule is O=C(O)c1ccccc1C(=O)NCCN1CCN(CCOC(c2ccccc2)c2ccccc2)CC1. The number of hydrogen-bond donors (Lipinski definition) is 2. The lowest BCUT2D eigenvalue weighted by Crippen LogP contribution is -2.49. The highest BCUT2D eigenvalue weighted by Crippen LogP contribution is 2.25. The standard InChI is InChI=1S/C29H33N3O4/c33-28(25-13-7-8-14-26(25)29(34)35)30-15-16-31-17-19-32(20-18-31)21-22-36-27(23-9-3-1-4-10-23)24-11-5-2-6-12-24/h1-14,27H,15-22H2,(H,30,33)(H,34,35). The summed E-state index contributed by atoms with van der Waals surface area (Å²) in [5.41, 5.74) is 2.52. The molecule has 1 aliphatic rings. The summed E-state index contributed by atoms with van der Waals surface area (Å²) >= 11 is 0. The van der Waals surface area contributed by atoms with Gasteiger partial charge in [-0.2, -0.15) is 0 Å². The number of hydrogen-bond acceptors (Lipinski definition) is 5. The molecule has 7 heteroatoms. The van der Waals surface area contributed by atoms with E-state index in [1.54, 1.807) is 18.2 Å². The summed E-state index contributed by atoms with van der Waals surface area (Å²) in [6.07, 6.45) is -0.0800. The normalized spacial score (nSPS) is 14.6. The van der Waals surface area contributed by atoms with E-state index in [0.29, 0.717) is 13.2 Å². The number of carbonyl (C=O) groups is 2. The molecule has 188 valence electrons. The average molecular weight is 488 g/mol. The minimum Gasteiger partial charge on any atom is -0.478 e. The van der Waals surface area contributed by atoms with Gasteiger partial charge in [0.25, 0.3) is 5.91 Å². The fourth-order valence-corrected chi connectivity index (χ4v) is 4.47. The molecule has 36 heavy (non-hydrogen) atoms. The number of piperazine rings is 1. The fraction of sp³-hybridized carbons (Fsp3) is 0.310. The van der Waals surface area contributed by atoms with Gasteiger partial charge in [-0.25, -0.2) is 4.79 Å². The molecule has 0 aliphatic carbocycles. The van der Waals surface area contributed by atoms with E-state index in [1.807, 2.05) is 36.4 Å². The van der Waals surface area contributed by atoms with Crippen LogP contribution in [-0.2, 0) is 4.74 Å². The van der Waals surface area contributed by atoms with Crippen LogP contribution in [0.2, 0.25) is 0 Å². The highest BCUT2D eigenvalue weighted by Gasteiger charge is 2.20. The Labute approximate surface area is 212 Å². The van der Waals surface area contributed by atoms with Crippen molar-refractivity contribution in [1.82, 2.24) is 15.1 Å². The predicted octanol–water partition coefficient (Wildman–Crippen LogP) is 3.54. The Bertz CT molecular complexity index is 1080. The van der Waals surface area contributed by atoms with Crippen molar-refractivity contribution in [3.63, 3.8) is 0 Å². The van der Waals surface area contributed by atoms with Gasteiger partial charge in [-0.15, -0.1) is 0 Å². The second-order valence-corrected chi connectivity index (χ2v) is 8.86. The molecular weight excluding hydrogens is 454 g/mol. The van der Waals surface area contributed by atoms with Gasteiger partial charge in [-0.1, -0.05) is 72.8 Å². The number of benzene rings is 3. The van der Waals surface area contributed by atoms with Crippen molar-refractivity contribution in [2.75, 3.05) is 52.4 Å². The van der Waals surface area contributed by atoms with Crippen molar-refractivity contribution in [3.05, 3.63) is 107 Å². The molecule has 0 atom stereocenters. The van der Waals surface area contributed by atoms with E-state index in [4.69, 9.17) is 4.74 Å². The van der Waals surface area contributed by atoms with E-state index >= 15 is 0 Å². The lowest BCUT2D eigenvalue weighted by Gasteiger charge is -2.34. The van der Waals surface area contributed by atoms with Crippen LogP contribution in [0.1, 0.15) is 37.9 Å². The summed E-state index contributed by atoms with van der Waals surface area (Å²) < 4.78 is 6.36. The second-order valence-electron chi connectivity index (χ2n) is 8.86. The maximum atomic E-state index is 12.4. The van der Waals surface area contributed by atoms with E-state index in [2.05, 4.69) is 39.4 Å². The van der Waals surface area contributed by atoms with Crippen LogP contribution >= 0.6 is 0 Å². The zero-order chi connectivity index (χ0) is 25.2. The number of rotatable bonds is 11. The van der Waals surface area contributed by atoms with Gasteiger partial charge in [-0.3, -0.25) is 14.6 Å². The summed E-state index contributed by atoms with van der Waals surface area (Å²) in [4.78, 5) is 28.5. The van der Waals surface area contributed by atoms with Gasteiger partial charge in [0.15, 0.2) is 0 Å². The highest BCUT2D eigenvalue weighted by molar-refractivity contribution is 6.04. The fourth-order valence-electron chi connectivity index (χ4n) is 4.47. The minimum absolute atomic E-state index is 0.0209. The Morgan fingerprint density at radius 2 is 1.25 bits per heavy atom. The first kappa shape index (κ1) is 25.6. The van der Waals surface area contributed by atoms with E-state index in [0.717, 1.165) is 50.4 Å². The predicted molar refractivity (Wildman–Crippen MR) is 139 cm³/mol. The maximum absolute atomic E-state index is 12.4. The van der Waals surface area contributed by atoms with Crippen LogP contribution in [0.5, 0.6) is 0 Å². The van der Waals surface area contributed by atoms with Crippen molar-refractivity contribution in [3.8, 4) is 0 Å². The number of carbonyl (C=O) groups excluding carboxylic acids is 1. The summed E-state index contributed by atoms with van der Waals surface area (Å²) in [5.74, 6) is -1.45. The summed E-state index contributed by atoms with van der Waals surface area (Å²) in [6, 6.07) is 26.9. The van der Waals surface area contributed by atoms with Crippen LogP contribution in [0.15, 0.2) is 84.9 Å². The van der Waals surface area contributed by atoms with Crippen LogP contribution in [0.25, 0.3) is 0 Å². The van der Waals surface area contributed by atoms with Crippen LogP contribution in [0, 0.1) is 0 Å². The quantitative estimate of drug-likeness (QED) is 0.431. The van der Waals surface area contributed by atoms with Gasteiger partial charge in [0.05, 0.1) is 17.7 Å². The molecule has 0 aromatic heterocycles. The number of aromatic carboxylic acids is 1. The number of carboxylic acids is 1. The Morgan fingerprint density at radius 1 is 0.750 bits per heavy atom. The molecule has 1 saturated heterocycles.